The largest absolute Gasteiger partial charge is 0.455 e. The van der Waals surface area contributed by atoms with Gasteiger partial charge in [-0.1, -0.05) is 164 Å². The van der Waals surface area contributed by atoms with Gasteiger partial charge in [-0.2, -0.15) is 0 Å². The van der Waals surface area contributed by atoms with E-state index in [0.717, 1.165) is 69.4 Å². The molecule has 57 heavy (non-hydrogen) atoms. The number of para-hydroxylation sites is 2. The maximum absolute atomic E-state index is 7.10. The van der Waals surface area contributed by atoms with Gasteiger partial charge in [0.1, 0.15) is 23.2 Å². The zero-order chi connectivity index (χ0) is 37.7. The molecule has 3 heterocycles. The molecule has 0 amide bonds. The Morgan fingerprint density at radius 3 is 2.28 bits per heavy atom. The van der Waals surface area contributed by atoms with E-state index in [9.17, 15) is 0 Å². The van der Waals surface area contributed by atoms with E-state index < -0.39 is 0 Å². The predicted octanol–water partition coefficient (Wildman–Crippen LogP) is 12.1. The Morgan fingerprint density at radius 1 is 0.649 bits per heavy atom. The Kier molecular flexibility index (Phi) is 8.33. The van der Waals surface area contributed by atoms with Crippen molar-refractivity contribution in [2.75, 3.05) is 5.32 Å². The highest BCUT2D eigenvalue weighted by Crippen LogP contribution is 2.49. The van der Waals surface area contributed by atoms with Gasteiger partial charge in [-0.3, -0.25) is 5.32 Å². The van der Waals surface area contributed by atoms with Crippen LogP contribution in [0.15, 0.2) is 185 Å². The fourth-order valence-corrected chi connectivity index (χ4v) is 9.18. The molecule has 0 fully saturated rings. The minimum Gasteiger partial charge on any atom is -0.455 e. The monoisotopic (exact) mass is 738 g/mol. The first-order chi connectivity index (χ1) is 28.2. The number of hydrogen-bond acceptors (Lipinski definition) is 5. The van der Waals surface area contributed by atoms with Gasteiger partial charge in [0.2, 0.25) is 0 Å². The highest BCUT2D eigenvalue weighted by molar-refractivity contribution is 6.14. The zero-order valence-electron chi connectivity index (χ0n) is 31.5. The first-order valence-electron chi connectivity index (χ1n) is 20.1. The molecule has 5 nitrogen and oxygen atoms in total. The molecule has 6 aromatic carbocycles. The number of anilines is 1. The van der Waals surface area contributed by atoms with E-state index in [-0.39, 0.29) is 18.4 Å². The lowest BCUT2D eigenvalue weighted by atomic mass is 9.85. The van der Waals surface area contributed by atoms with Gasteiger partial charge in [0, 0.05) is 44.6 Å². The topological polar surface area (TPSA) is 61.6 Å². The molecule has 0 bridgehead atoms. The Bertz CT molecular complexity index is 2820. The minimum atomic E-state index is -0.139. The molecule has 4 atom stereocenters. The second-order valence-corrected chi connectivity index (χ2v) is 15.5. The van der Waals surface area contributed by atoms with Crippen molar-refractivity contribution in [1.82, 2.24) is 10.6 Å². The third kappa shape index (κ3) is 6.03. The van der Waals surface area contributed by atoms with E-state index in [2.05, 4.69) is 192 Å². The summed E-state index contributed by atoms with van der Waals surface area (Å²) in [6, 6.07) is 49.9. The van der Waals surface area contributed by atoms with Gasteiger partial charge in [0.25, 0.3) is 0 Å². The highest BCUT2D eigenvalue weighted by atomic mass is 16.3. The van der Waals surface area contributed by atoms with Crippen molar-refractivity contribution in [2.45, 2.75) is 37.6 Å². The van der Waals surface area contributed by atoms with Crippen molar-refractivity contribution in [3.05, 3.63) is 209 Å². The van der Waals surface area contributed by atoms with E-state index in [1.807, 2.05) is 0 Å². The average Bonchev–Trinajstić information content (AvgIpc) is 3.69. The quantitative estimate of drug-likeness (QED) is 0.159. The number of amidine groups is 1. The number of benzene rings is 6. The van der Waals surface area contributed by atoms with Crippen LogP contribution in [-0.2, 0) is 0 Å². The molecule has 0 radical (unpaired) electrons. The van der Waals surface area contributed by atoms with Crippen molar-refractivity contribution in [1.29, 1.82) is 0 Å². The maximum atomic E-state index is 7.10. The number of fused-ring (bicyclic) bond motifs is 7. The molecule has 276 valence electrons. The molecular formula is C52H42N4O. The molecule has 3 N–H and O–H groups in total. The van der Waals surface area contributed by atoms with Crippen molar-refractivity contribution >= 4 is 44.6 Å². The number of nitrogens with one attached hydrogen (secondary N) is 3. The molecule has 2 aliphatic heterocycles. The summed E-state index contributed by atoms with van der Waals surface area (Å²) in [5, 5.41) is 13.7. The van der Waals surface area contributed by atoms with Gasteiger partial charge in [-0.05, 0) is 64.8 Å². The number of hydrogen-bond donors (Lipinski definition) is 3. The van der Waals surface area contributed by atoms with Crippen LogP contribution in [-0.4, -0.2) is 12.0 Å². The van der Waals surface area contributed by atoms with Crippen LogP contribution >= 0.6 is 0 Å². The van der Waals surface area contributed by atoms with Crippen LogP contribution < -0.4 is 16.0 Å². The fourth-order valence-electron chi connectivity index (χ4n) is 9.18. The summed E-state index contributed by atoms with van der Waals surface area (Å²) in [7, 11) is 0. The summed E-state index contributed by atoms with van der Waals surface area (Å²) < 4.78 is 7.10. The van der Waals surface area contributed by atoms with Crippen molar-refractivity contribution < 1.29 is 4.42 Å². The van der Waals surface area contributed by atoms with Gasteiger partial charge in [-0.25, -0.2) is 4.99 Å². The standard InChI is InChI=1S/C52H42N4O/c1-4-15-33(16-5-1)47-44-30-29-42-41-27-14-26-40(48(41)57-49(42)46(44)43-25-10-11-28-45(43)53-47)38-23-12-21-36(31-38)37-22-13-24-39(32-37)52-55-50(34-17-6-2-7-18-34)54-51(56-52)35-19-8-3-9-20-35/h1-11,13-19,21-22,24-32,35,47,50-51,53-54H,12,20,23H2,(H,55,56). The molecule has 0 spiro atoms. The molecule has 0 saturated carbocycles. The van der Waals surface area contributed by atoms with Crippen molar-refractivity contribution in [2.24, 2.45) is 10.9 Å². The number of nitrogens with zero attached hydrogens (tertiary/aromatic N) is 1. The molecule has 1 aromatic heterocycles. The first-order valence-corrected chi connectivity index (χ1v) is 20.1. The Balaban J connectivity index is 0.968. The molecule has 4 aliphatic rings. The summed E-state index contributed by atoms with van der Waals surface area (Å²) in [4.78, 5) is 5.24. The van der Waals surface area contributed by atoms with E-state index in [1.165, 1.54) is 39.0 Å². The molecule has 11 rings (SSSR count). The lowest BCUT2D eigenvalue weighted by Gasteiger charge is -2.36. The van der Waals surface area contributed by atoms with Crippen LogP contribution in [0.3, 0.4) is 0 Å². The molecule has 0 saturated heterocycles. The van der Waals surface area contributed by atoms with Crippen LogP contribution in [0.2, 0.25) is 0 Å². The maximum Gasteiger partial charge on any atom is 0.143 e. The summed E-state index contributed by atoms with van der Waals surface area (Å²) in [5.41, 5.74) is 14.9. The van der Waals surface area contributed by atoms with E-state index in [4.69, 9.17) is 9.41 Å². The highest BCUT2D eigenvalue weighted by Gasteiger charge is 2.31. The number of furan rings is 1. The van der Waals surface area contributed by atoms with Crippen LogP contribution in [0, 0.1) is 5.92 Å². The third-order valence-electron chi connectivity index (χ3n) is 12.0. The van der Waals surface area contributed by atoms with Gasteiger partial charge >= 0.3 is 0 Å². The lowest BCUT2D eigenvalue weighted by Crippen LogP contribution is -2.54. The van der Waals surface area contributed by atoms with Gasteiger partial charge in [0.05, 0.1) is 12.2 Å². The minimum absolute atomic E-state index is 0.0279. The Morgan fingerprint density at radius 2 is 1.42 bits per heavy atom. The second-order valence-electron chi connectivity index (χ2n) is 15.5. The molecule has 5 heteroatoms. The molecule has 2 aliphatic carbocycles. The lowest BCUT2D eigenvalue weighted by molar-refractivity contribution is 0.328. The fraction of sp³-hybridized carbons (Fsp3) is 0.135. The smallest absolute Gasteiger partial charge is 0.143 e. The van der Waals surface area contributed by atoms with E-state index >= 15 is 0 Å². The number of rotatable bonds is 6. The summed E-state index contributed by atoms with van der Waals surface area (Å²) in [6.07, 6.45) is 16.4. The molecule has 4 unspecified atom stereocenters. The van der Waals surface area contributed by atoms with Gasteiger partial charge < -0.3 is 15.1 Å². The average molecular weight is 739 g/mol. The summed E-state index contributed by atoms with van der Waals surface area (Å²) in [5.74, 6) is 1.24. The number of aliphatic imine (C=N–C) groups is 1. The summed E-state index contributed by atoms with van der Waals surface area (Å²) >= 11 is 0. The first kappa shape index (κ1) is 33.6. The Hall–Kier alpha value is -6.69. The van der Waals surface area contributed by atoms with Crippen molar-refractivity contribution in [3.63, 3.8) is 0 Å². The van der Waals surface area contributed by atoms with Gasteiger partial charge in [0.15, 0.2) is 0 Å². The van der Waals surface area contributed by atoms with Crippen LogP contribution in [0.1, 0.15) is 64.9 Å². The van der Waals surface area contributed by atoms with E-state index in [0.29, 0.717) is 5.92 Å². The zero-order valence-corrected chi connectivity index (χ0v) is 31.5. The Labute approximate surface area is 332 Å². The summed E-state index contributed by atoms with van der Waals surface area (Å²) in [6.45, 7) is 0. The molecule has 7 aromatic rings. The third-order valence-corrected chi connectivity index (χ3v) is 12.0. The number of allylic oxidation sites excluding steroid dienone is 7. The van der Waals surface area contributed by atoms with Crippen molar-refractivity contribution in [3.8, 4) is 11.1 Å². The predicted molar refractivity (Wildman–Crippen MR) is 235 cm³/mol. The normalized spacial score (nSPS) is 21.2. The van der Waals surface area contributed by atoms with Gasteiger partial charge in [-0.15, -0.1) is 0 Å². The van der Waals surface area contributed by atoms with E-state index in [1.54, 1.807) is 0 Å². The molecular weight excluding hydrogens is 697 g/mol. The second kappa shape index (κ2) is 14.1. The van der Waals surface area contributed by atoms with Crippen LogP contribution in [0.4, 0.5) is 5.69 Å². The van der Waals surface area contributed by atoms with Crippen LogP contribution in [0.25, 0.3) is 44.2 Å². The van der Waals surface area contributed by atoms with Crippen LogP contribution in [0.5, 0.6) is 0 Å². The SMILES string of the molecule is C1=CCC(C2NC(c3cccc(C4=CCCC(c5cccc6c5oc5c7c(ccc56)C(c5ccccc5)Nc5ccccc5-7)=C4)c3)=NC(c3ccccc3)N2)C=C1.